The molecule has 3 aliphatic heterocycles. The Morgan fingerprint density at radius 1 is 1.00 bits per heavy atom. The molecule has 0 atom stereocenters. The Morgan fingerprint density at radius 3 is 2.30 bits per heavy atom. The van der Waals surface area contributed by atoms with E-state index in [4.69, 9.17) is 9.47 Å². The van der Waals surface area contributed by atoms with Crippen LogP contribution in [0.15, 0.2) is 30.0 Å². The van der Waals surface area contributed by atoms with Crippen LogP contribution in [0.2, 0.25) is 0 Å². The molecule has 0 N–H and O–H groups in total. The van der Waals surface area contributed by atoms with Crippen molar-refractivity contribution in [3.63, 3.8) is 0 Å². The van der Waals surface area contributed by atoms with Crippen molar-refractivity contribution in [2.75, 3.05) is 73.2 Å². The molecule has 2 amide bonds. The van der Waals surface area contributed by atoms with Crippen LogP contribution in [-0.4, -0.2) is 111 Å². The molecular formula is C25H36N4O4. The van der Waals surface area contributed by atoms with Gasteiger partial charge in [-0.2, -0.15) is 0 Å². The molecule has 1 aromatic rings. The lowest BCUT2D eigenvalue weighted by Gasteiger charge is -2.36. The molecule has 0 aliphatic carbocycles. The highest BCUT2D eigenvalue weighted by molar-refractivity contribution is 6.35. The van der Waals surface area contributed by atoms with Crippen LogP contribution in [-0.2, 0) is 14.3 Å². The summed E-state index contributed by atoms with van der Waals surface area (Å²) < 4.78 is 11.0. The number of amides is 2. The number of likely N-dealkylation sites (N-methyl/N-ethyl adjacent to an activating group) is 1. The van der Waals surface area contributed by atoms with Gasteiger partial charge in [-0.15, -0.1) is 0 Å². The van der Waals surface area contributed by atoms with E-state index in [1.807, 2.05) is 38.2 Å². The van der Waals surface area contributed by atoms with Gasteiger partial charge in [0.2, 0.25) is 0 Å². The maximum Gasteiger partial charge on any atom is 0.277 e. The van der Waals surface area contributed by atoms with Crippen molar-refractivity contribution in [3.05, 3.63) is 35.5 Å². The van der Waals surface area contributed by atoms with Gasteiger partial charge in [-0.25, -0.2) is 0 Å². The predicted molar refractivity (Wildman–Crippen MR) is 127 cm³/mol. The second kappa shape index (κ2) is 10.7. The van der Waals surface area contributed by atoms with Crippen LogP contribution in [0.1, 0.15) is 25.3 Å². The van der Waals surface area contributed by atoms with Crippen molar-refractivity contribution in [3.8, 4) is 5.75 Å². The van der Waals surface area contributed by atoms with Gasteiger partial charge in [0.1, 0.15) is 11.4 Å². The SMILES string of the molecule is CCOc1ccc(C2=C(N(C)C3CCN(C)CC3)C(=O)N(CCN3CCOCC3)C2=O)cc1. The van der Waals surface area contributed by atoms with Crippen molar-refractivity contribution in [2.24, 2.45) is 0 Å². The summed E-state index contributed by atoms with van der Waals surface area (Å²) in [4.78, 5) is 35.3. The molecule has 33 heavy (non-hydrogen) atoms. The quantitative estimate of drug-likeness (QED) is 0.550. The third kappa shape index (κ3) is 5.23. The topological polar surface area (TPSA) is 65.6 Å². The van der Waals surface area contributed by atoms with Crippen LogP contribution in [0.3, 0.4) is 0 Å². The van der Waals surface area contributed by atoms with Gasteiger partial charge in [0.15, 0.2) is 0 Å². The van der Waals surface area contributed by atoms with Gasteiger partial charge in [0.25, 0.3) is 11.8 Å². The molecule has 2 saturated heterocycles. The maximum atomic E-state index is 13.6. The lowest BCUT2D eigenvalue weighted by Crippen LogP contribution is -2.45. The first kappa shape index (κ1) is 23.7. The summed E-state index contributed by atoms with van der Waals surface area (Å²) in [6.07, 6.45) is 1.95. The van der Waals surface area contributed by atoms with E-state index in [1.54, 1.807) is 0 Å². The van der Waals surface area contributed by atoms with Gasteiger partial charge >= 0.3 is 0 Å². The van der Waals surface area contributed by atoms with E-state index in [2.05, 4.69) is 21.7 Å². The van der Waals surface area contributed by atoms with E-state index in [0.717, 1.165) is 50.3 Å². The number of benzene rings is 1. The highest BCUT2D eigenvalue weighted by Gasteiger charge is 2.42. The van der Waals surface area contributed by atoms with Crippen molar-refractivity contribution in [1.29, 1.82) is 0 Å². The summed E-state index contributed by atoms with van der Waals surface area (Å²) in [7, 11) is 4.09. The summed E-state index contributed by atoms with van der Waals surface area (Å²) in [5.41, 5.74) is 1.80. The fourth-order valence-corrected chi connectivity index (χ4v) is 4.87. The van der Waals surface area contributed by atoms with Crippen LogP contribution < -0.4 is 4.74 Å². The zero-order valence-corrected chi connectivity index (χ0v) is 20.1. The van der Waals surface area contributed by atoms with E-state index >= 15 is 0 Å². The standard InChI is InChI=1S/C25H36N4O4/c1-4-33-21-7-5-19(6-8-21)22-23(27(3)20-9-11-26(2)12-10-20)25(31)29(24(22)30)14-13-28-15-17-32-18-16-28/h5-8,20H,4,9-18H2,1-3H3. The molecular weight excluding hydrogens is 420 g/mol. The van der Waals surface area contributed by atoms with Crippen molar-refractivity contribution >= 4 is 17.4 Å². The summed E-state index contributed by atoms with van der Waals surface area (Å²) in [5.74, 6) is 0.374. The third-order valence-electron chi connectivity index (χ3n) is 6.93. The van der Waals surface area contributed by atoms with Crippen molar-refractivity contribution < 1.29 is 19.1 Å². The maximum absolute atomic E-state index is 13.6. The number of hydrogen-bond donors (Lipinski definition) is 0. The molecule has 0 unspecified atom stereocenters. The normalized spacial score (nSPS) is 21.2. The van der Waals surface area contributed by atoms with E-state index in [-0.39, 0.29) is 17.9 Å². The first-order chi connectivity index (χ1) is 16.0. The smallest absolute Gasteiger partial charge is 0.277 e. The Morgan fingerprint density at radius 2 is 1.67 bits per heavy atom. The lowest BCUT2D eigenvalue weighted by molar-refractivity contribution is -0.138. The van der Waals surface area contributed by atoms with Crippen LogP contribution in [0.4, 0.5) is 0 Å². The average molecular weight is 457 g/mol. The number of imide groups is 1. The Bertz CT molecular complexity index is 871. The zero-order chi connectivity index (χ0) is 23.4. The molecule has 0 radical (unpaired) electrons. The van der Waals surface area contributed by atoms with Gasteiger partial charge in [-0.05, 0) is 57.6 Å². The number of carbonyl (C=O) groups excluding carboxylic acids is 2. The van der Waals surface area contributed by atoms with E-state index in [9.17, 15) is 9.59 Å². The summed E-state index contributed by atoms with van der Waals surface area (Å²) in [6, 6.07) is 7.75. The molecule has 2 fully saturated rings. The fraction of sp³-hybridized carbons (Fsp3) is 0.600. The molecule has 0 aromatic heterocycles. The fourth-order valence-electron chi connectivity index (χ4n) is 4.87. The van der Waals surface area contributed by atoms with Gasteiger partial charge in [-0.3, -0.25) is 19.4 Å². The minimum absolute atomic E-state index is 0.182. The third-order valence-corrected chi connectivity index (χ3v) is 6.93. The minimum Gasteiger partial charge on any atom is -0.494 e. The van der Waals surface area contributed by atoms with Gasteiger partial charge < -0.3 is 19.3 Å². The second-order valence-electron chi connectivity index (χ2n) is 9.04. The molecule has 180 valence electrons. The summed E-state index contributed by atoms with van der Waals surface area (Å²) >= 11 is 0. The molecule has 0 spiro atoms. The number of likely N-dealkylation sites (tertiary alicyclic amines) is 1. The Labute approximate surface area is 196 Å². The van der Waals surface area contributed by atoms with Crippen LogP contribution in [0.5, 0.6) is 5.75 Å². The Kier molecular flexibility index (Phi) is 7.67. The molecule has 3 heterocycles. The number of piperidine rings is 1. The molecule has 8 heteroatoms. The monoisotopic (exact) mass is 456 g/mol. The number of hydrogen-bond acceptors (Lipinski definition) is 7. The average Bonchev–Trinajstić information content (AvgIpc) is 3.08. The number of nitrogens with zero attached hydrogens (tertiary/aromatic N) is 4. The van der Waals surface area contributed by atoms with Crippen LogP contribution in [0.25, 0.3) is 5.57 Å². The highest BCUT2D eigenvalue weighted by Crippen LogP contribution is 2.34. The number of ether oxygens (including phenoxy) is 2. The lowest BCUT2D eigenvalue weighted by atomic mass is 10.00. The van der Waals surface area contributed by atoms with Gasteiger partial charge in [0, 0.05) is 39.3 Å². The predicted octanol–water partition coefficient (Wildman–Crippen LogP) is 1.52. The molecule has 8 nitrogen and oxygen atoms in total. The number of carbonyl (C=O) groups is 2. The van der Waals surface area contributed by atoms with Gasteiger partial charge in [0.05, 0.1) is 25.4 Å². The van der Waals surface area contributed by atoms with Crippen molar-refractivity contribution in [2.45, 2.75) is 25.8 Å². The van der Waals surface area contributed by atoms with Gasteiger partial charge in [-0.1, -0.05) is 12.1 Å². The number of rotatable bonds is 8. The molecule has 0 bridgehead atoms. The first-order valence-electron chi connectivity index (χ1n) is 12.0. The van der Waals surface area contributed by atoms with E-state index in [0.29, 0.717) is 44.2 Å². The Balaban J connectivity index is 1.60. The molecule has 3 aliphatic rings. The Hall–Kier alpha value is -2.42. The summed E-state index contributed by atoms with van der Waals surface area (Å²) in [6.45, 7) is 8.62. The van der Waals surface area contributed by atoms with Crippen molar-refractivity contribution in [1.82, 2.24) is 19.6 Å². The largest absolute Gasteiger partial charge is 0.494 e. The second-order valence-corrected chi connectivity index (χ2v) is 9.04. The number of morpholine rings is 1. The van der Waals surface area contributed by atoms with E-state index < -0.39 is 0 Å². The molecule has 4 rings (SSSR count). The highest BCUT2D eigenvalue weighted by atomic mass is 16.5. The first-order valence-corrected chi connectivity index (χ1v) is 12.0. The zero-order valence-electron chi connectivity index (χ0n) is 20.1. The van der Waals surface area contributed by atoms with Crippen LogP contribution in [0, 0.1) is 0 Å². The van der Waals surface area contributed by atoms with Crippen LogP contribution >= 0.6 is 0 Å². The van der Waals surface area contributed by atoms with E-state index in [1.165, 1.54) is 4.90 Å². The molecule has 0 saturated carbocycles. The summed E-state index contributed by atoms with van der Waals surface area (Å²) in [5, 5.41) is 0. The molecule has 1 aromatic carbocycles. The minimum atomic E-state index is -0.202.